The number of rotatable bonds is 3. The van der Waals surface area contributed by atoms with Gasteiger partial charge in [-0.2, -0.15) is 0 Å². The molecule has 1 atom stereocenters. The van der Waals surface area contributed by atoms with Crippen LogP contribution >= 0.6 is 0 Å². The number of nitrogens with one attached hydrogen (secondary N) is 2. The first kappa shape index (κ1) is 21.9. The highest BCUT2D eigenvalue weighted by Gasteiger charge is 2.33. The van der Waals surface area contributed by atoms with Crippen LogP contribution in [-0.2, 0) is 9.59 Å². The largest absolute Gasteiger partial charge is 0.341 e. The number of imidazole rings is 1. The van der Waals surface area contributed by atoms with Gasteiger partial charge in [0, 0.05) is 24.2 Å². The van der Waals surface area contributed by atoms with Gasteiger partial charge in [-0.3, -0.25) is 9.59 Å². The molecule has 3 aromatic rings. The number of benzene rings is 2. The Kier molecular flexibility index (Phi) is 5.71. The number of fused-ring (bicyclic) bond motifs is 1. The molecule has 1 aliphatic rings. The van der Waals surface area contributed by atoms with Gasteiger partial charge in [0.05, 0.1) is 22.5 Å². The first-order valence-corrected chi connectivity index (χ1v) is 10.7. The Balaban J connectivity index is 1.50. The molecule has 2 aromatic carbocycles. The number of aromatic amines is 1. The summed E-state index contributed by atoms with van der Waals surface area (Å²) < 4.78 is 27.6. The highest BCUT2D eigenvalue weighted by Crippen LogP contribution is 2.27. The predicted octanol–water partition coefficient (Wildman–Crippen LogP) is 4.73. The summed E-state index contributed by atoms with van der Waals surface area (Å²) in [5.41, 5.74) is 1.29. The number of aromatic nitrogens is 2. The van der Waals surface area contributed by atoms with E-state index in [9.17, 15) is 18.4 Å². The quantitative estimate of drug-likeness (QED) is 0.618. The first-order chi connectivity index (χ1) is 15.1. The minimum Gasteiger partial charge on any atom is -0.341 e. The predicted molar refractivity (Wildman–Crippen MR) is 119 cm³/mol. The number of H-pyrrole nitrogens is 1. The SMILES string of the molecule is CC(C)(C)C(=O)N1CCCC(C(=O)Nc2ccc3nc(-c4cc(F)ccc4F)[nH]c3c2)C1. The van der Waals surface area contributed by atoms with Gasteiger partial charge in [0.15, 0.2) is 0 Å². The van der Waals surface area contributed by atoms with Crippen LogP contribution in [0.5, 0.6) is 0 Å². The molecule has 2 N–H and O–H groups in total. The third-order valence-corrected chi connectivity index (χ3v) is 5.65. The number of likely N-dealkylation sites (tertiary alicyclic amines) is 1. The molecule has 1 unspecified atom stereocenters. The van der Waals surface area contributed by atoms with E-state index in [0.717, 1.165) is 31.0 Å². The minimum absolute atomic E-state index is 0.0394. The van der Waals surface area contributed by atoms with Gasteiger partial charge in [-0.1, -0.05) is 20.8 Å². The molecule has 1 aliphatic heterocycles. The molecule has 6 nitrogen and oxygen atoms in total. The fourth-order valence-corrected chi connectivity index (χ4v) is 3.99. The number of amides is 2. The van der Waals surface area contributed by atoms with E-state index < -0.39 is 17.0 Å². The second-order valence-electron chi connectivity index (χ2n) is 9.27. The van der Waals surface area contributed by atoms with E-state index in [1.54, 1.807) is 23.1 Å². The highest BCUT2D eigenvalue weighted by molar-refractivity contribution is 5.95. The molecular weight excluding hydrogens is 414 g/mol. The van der Waals surface area contributed by atoms with Crippen molar-refractivity contribution in [1.29, 1.82) is 0 Å². The number of nitrogens with zero attached hydrogens (tertiary/aromatic N) is 2. The van der Waals surface area contributed by atoms with Crippen molar-refractivity contribution < 1.29 is 18.4 Å². The second-order valence-corrected chi connectivity index (χ2v) is 9.27. The van der Waals surface area contributed by atoms with Crippen molar-refractivity contribution in [2.75, 3.05) is 18.4 Å². The van der Waals surface area contributed by atoms with Crippen LogP contribution < -0.4 is 5.32 Å². The van der Waals surface area contributed by atoms with Crippen molar-refractivity contribution in [1.82, 2.24) is 14.9 Å². The van der Waals surface area contributed by atoms with Crippen molar-refractivity contribution in [2.24, 2.45) is 11.3 Å². The van der Waals surface area contributed by atoms with Gasteiger partial charge in [-0.05, 0) is 49.2 Å². The summed E-state index contributed by atoms with van der Waals surface area (Å²) in [5.74, 6) is -1.31. The maximum atomic E-state index is 14.1. The molecule has 4 rings (SSSR count). The summed E-state index contributed by atoms with van der Waals surface area (Å²) in [7, 11) is 0. The number of carbonyl (C=O) groups is 2. The molecule has 1 saturated heterocycles. The van der Waals surface area contributed by atoms with Crippen LogP contribution in [0.1, 0.15) is 33.6 Å². The topological polar surface area (TPSA) is 78.1 Å². The third kappa shape index (κ3) is 4.49. The first-order valence-electron chi connectivity index (χ1n) is 10.7. The zero-order chi connectivity index (χ0) is 23.0. The van der Waals surface area contributed by atoms with Crippen molar-refractivity contribution in [2.45, 2.75) is 33.6 Å². The van der Waals surface area contributed by atoms with Gasteiger partial charge in [-0.15, -0.1) is 0 Å². The molecule has 1 fully saturated rings. The number of anilines is 1. The molecule has 2 heterocycles. The van der Waals surface area contributed by atoms with E-state index in [0.29, 0.717) is 29.8 Å². The van der Waals surface area contributed by atoms with E-state index >= 15 is 0 Å². The summed E-state index contributed by atoms with van der Waals surface area (Å²) in [6, 6.07) is 8.33. The highest BCUT2D eigenvalue weighted by atomic mass is 19.1. The lowest BCUT2D eigenvalue weighted by Crippen LogP contribution is -2.47. The van der Waals surface area contributed by atoms with Crippen LogP contribution in [0.2, 0.25) is 0 Å². The Morgan fingerprint density at radius 3 is 2.69 bits per heavy atom. The summed E-state index contributed by atoms with van der Waals surface area (Å²) >= 11 is 0. The summed E-state index contributed by atoms with van der Waals surface area (Å²) in [6.07, 6.45) is 1.50. The molecule has 1 aromatic heterocycles. The van der Waals surface area contributed by atoms with Gasteiger partial charge >= 0.3 is 0 Å². The Morgan fingerprint density at radius 1 is 1.16 bits per heavy atom. The summed E-state index contributed by atoms with van der Waals surface area (Å²) in [5, 5.41) is 2.91. The van der Waals surface area contributed by atoms with Gasteiger partial charge in [-0.25, -0.2) is 13.8 Å². The fourth-order valence-electron chi connectivity index (χ4n) is 3.99. The van der Waals surface area contributed by atoms with E-state index in [4.69, 9.17) is 0 Å². The standard InChI is InChI=1S/C24H26F2N4O2/c1-24(2,3)23(32)30-10-4-5-14(13-30)22(31)27-16-7-9-19-20(12-16)29-21(28-19)17-11-15(25)6-8-18(17)26/h6-9,11-12,14H,4-5,10,13H2,1-3H3,(H,27,31)(H,28,29). The van der Waals surface area contributed by atoms with Gasteiger partial charge < -0.3 is 15.2 Å². The van der Waals surface area contributed by atoms with E-state index in [-0.39, 0.29) is 29.1 Å². The molecule has 32 heavy (non-hydrogen) atoms. The number of hydrogen-bond donors (Lipinski definition) is 2. The van der Waals surface area contributed by atoms with Crippen molar-refractivity contribution >= 4 is 28.5 Å². The smallest absolute Gasteiger partial charge is 0.229 e. The van der Waals surface area contributed by atoms with Crippen molar-refractivity contribution in [3.8, 4) is 11.4 Å². The number of carbonyl (C=O) groups excluding carboxylic acids is 2. The van der Waals surface area contributed by atoms with Gasteiger partial charge in [0.1, 0.15) is 17.5 Å². The maximum absolute atomic E-state index is 14.1. The number of piperidine rings is 1. The maximum Gasteiger partial charge on any atom is 0.229 e. The average molecular weight is 440 g/mol. The monoisotopic (exact) mass is 440 g/mol. The van der Waals surface area contributed by atoms with E-state index in [1.807, 2.05) is 20.8 Å². The van der Waals surface area contributed by atoms with Gasteiger partial charge in [0.25, 0.3) is 0 Å². The number of hydrogen-bond acceptors (Lipinski definition) is 3. The molecule has 0 radical (unpaired) electrons. The molecule has 8 heteroatoms. The van der Waals surface area contributed by atoms with Crippen LogP contribution in [0.4, 0.5) is 14.5 Å². The normalized spacial score (nSPS) is 16.9. The lowest BCUT2D eigenvalue weighted by Gasteiger charge is -2.35. The molecule has 2 amide bonds. The Bertz CT molecular complexity index is 1180. The van der Waals surface area contributed by atoms with Crippen LogP contribution in [0.15, 0.2) is 36.4 Å². The Labute approximate surface area is 185 Å². The molecule has 0 saturated carbocycles. The Hall–Kier alpha value is -3.29. The molecule has 0 spiro atoms. The van der Waals surface area contributed by atoms with Crippen molar-refractivity contribution in [3.63, 3.8) is 0 Å². The van der Waals surface area contributed by atoms with E-state index in [2.05, 4.69) is 15.3 Å². The average Bonchev–Trinajstić information content (AvgIpc) is 3.17. The summed E-state index contributed by atoms with van der Waals surface area (Å²) in [6.45, 7) is 6.70. The van der Waals surface area contributed by atoms with Crippen molar-refractivity contribution in [3.05, 3.63) is 48.0 Å². The van der Waals surface area contributed by atoms with Crippen LogP contribution in [0.3, 0.4) is 0 Å². The van der Waals surface area contributed by atoms with Crippen LogP contribution in [0, 0.1) is 23.0 Å². The molecular formula is C24H26F2N4O2. The zero-order valence-electron chi connectivity index (χ0n) is 18.3. The second kappa shape index (κ2) is 8.33. The zero-order valence-corrected chi connectivity index (χ0v) is 18.3. The molecule has 0 bridgehead atoms. The lowest BCUT2D eigenvalue weighted by molar-refractivity contribution is -0.142. The van der Waals surface area contributed by atoms with Crippen LogP contribution in [-0.4, -0.2) is 39.8 Å². The van der Waals surface area contributed by atoms with Crippen LogP contribution in [0.25, 0.3) is 22.4 Å². The lowest BCUT2D eigenvalue weighted by atomic mass is 9.91. The summed E-state index contributed by atoms with van der Waals surface area (Å²) in [4.78, 5) is 34.5. The van der Waals surface area contributed by atoms with E-state index in [1.165, 1.54) is 0 Å². The fraction of sp³-hybridized carbons (Fsp3) is 0.375. The molecule has 0 aliphatic carbocycles. The minimum atomic E-state index is -0.578. The third-order valence-electron chi connectivity index (χ3n) is 5.65. The van der Waals surface area contributed by atoms with Gasteiger partial charge in [0.2, 0.25) is 11.8 Å². The number of halogens is 2. The molecule has 168 valence electrons. The Morgan fingerprint density at radius 2 is 1.94 bits per heavy atom.